The lowest BCUT2D eigenvalue weighted by molar-refractivity contribution is -0.126. The van der Waals surface area contributed by atoms with Crippen molar-refractivity contribution in [3.63, 3.8) is 0 Å². The Morgan fingerprint density at radius 2 is 2.25 bits per heavy atom. The van der Waals surface area contributed by atoms with Crippen LogP contribution in [0.1, 0.15) is 18.9 Å². The molecular weight excluding hydrogens is 340 g/mol. The molecule has 1 atom stereocenters. The molecule has 0 radical (unpaired) electrons. The topological polar surface area (TPSA) is 41.1 Å². The maximum Gasteiger partial charge on any atom is 0.225 e. The number of benzene rings is 1. The van der Waals surface area contributed by atoms with E-state index in [0.717, 1.165) is 36.9 Å². The molecule has 1 fully saturated rings. The monoisotopic (exact) mass is 360 g/mol. The van der Waals surface area contributed by atoms with Crippen molar-refractivity contribution in [1.82, 2.24) is 10.6 Å². The van der Waals surface area contributed by atoms with Crippen molar-refractivity contribution in [2.45, 2.75) is 19.8 Å². The van der Waals surface area contributed by atoms with Gasteiger partial charge in [-0.1, -0.05) is 41.4 Å². The first kappa shape index (κ1) is 17.5. The highest BCUT2D eigenvalue weighted by molar-refractivity contribution is 9.10. The summed E-state index contributed by atoms with van der Waals surface area (Å²) in [5, 5.41) is 6.20. The third-order valence-electron chi connectivity index (χ3n) is 3.71. The van der Waals surface area contributed by atoms with Gasteiger partial charge in [-0.25, -0.2) is 0 Å². The van der Waals surface area contributed by atoms with Crippen LogP contribution < -0.4 is 10.6 Å². The average Bonchev–Trinajstić information content (AvgIpc) is 2.32. The standard InChI is InChI=1S/C15H21BrN2O.ClH/c1-2-11(6-12-4-3-5-14(16)7-12)8-18-15(19)13-9-17-10-13;/h3-5,7,11,13,17H,2,6,8-10H2,1H3,(H,18,19);1H. The van der Waals surface area contributed by atoms with Crippen LogP contribution in [0.25, 0.3) is 0 Å². The van der Waals surface area contributed by atoms with E-state index >= 15 is 0 Å². The van der Waals surface area contributed by atoms with Gasteiger partial charge in [-0.2, -0.15) is 0 Å². The van der Waals surface area contributed by atoms with Gasteiger partial charge in [0.25, 0.3) is 0 Å². The van der Waals surface area contributed by atoms with E-state index < -0.39 is 0 Å². The Labute approximate surface area is 135 Å². The number of amides is 1. The van der Waals surface area contributed by atoms with E-state index in [-0.39, 0.29) is 24.2 Å². The Bertz CT molecular complexity index is 438. The van der Waals surface area contributed by atoms with Gasteiger partial charge in [0.2, 0.25) is 5.91 Å². The largest absolute Gasteiger partial charge is 0.355 e. The Hall–Kier alpha value is -0.580. The third kappa shape index (κ3) is 5.08. The molecule has 0 saturated carbocycles. The van der Waals surface area contributed by atoms with Crippen molar-refractivity contribution in [2.24, 2.45) is 11.8 Å². The SMILES string of the molecule is CCC(CNC(=O)C1CNC1)Cc1cccc(Br)c1.Cl. The van der Waals surface area contributed by atoms with E-state index in [1.54, 1.807) is 0 Å². The Balaban J connectivity index is 0.00000200. The van der Waals surface area contributed by atoms with Gasteiger partial charge >= 0.3 is 0 Å². The van der Waals surface area contributed by atoms with Crippen molar-refractivity contribution in [3.8, 4) is 0 Å². The molecule has 2 N–H and O–H groups in total. The highest BCUT2D eigenvalue weighted by Crippen LogP contribution is 2.16. The molecule has 3 nitrogen and oxygen atoms in total. The molecule has 1 saturated heterocycles. The molecule has 0 aliphatic carbocycles. The first-order valence-corrected chi connectivity index (χ1v) is 7.71. The first-order chi connectivity index (χ1) is 9.19. The number of carbonyl (C=O) groups is 1. The zero-order chi connectivity index (χ0) is 13.7. The predicted molar refractivity (Wildman–Crippen MR) is 88.2 cm³/mol. The third-order valence-corrected chi connectivity index (χ3v) is 4.20. The normalized spacial score (nSPS) is 15.9. The number of hydrogen-bond acceptors (Lipinski definition) is 2. The Kier molecular flexibility index (Phi) is 7.56. The van der Waals surface area contributed by atoms with Gasteiger partial charge < -0.3 is 10.6 Å². The summed E-state index contributed by atoms with van der Waals surface area (Å²) >= 11 is 3.50. The molecule has 1 aromatic carbocycles. The van der Waals surface area contributed by atoms with Crippen molar-refractivity contribution < 1.29 is 4.79 Å². The molecule has 112 valence electrons. The summed E-state index contributed by atoms with van der Waals surface area (Å²) < 4.78 is 1.12. The van der Waals surface area contributed by atoms with Gasteiger partial charge in [0.05, 0.1) is 5.92 Å². The zero-order valence-electron chi connectivity index (χ0n) is 11.7. The maximum atomic E-state index is 11.8. The van der Waals surface area contributed by atoms with Gasteiger partial charge in [0.1, 0.15) is 0 Å². The van der Waals surface area contributed by atoms with Crippen LogP contribution in [0.2, 0.25) is 0 Å². The van der Waals surface area contributed by atoms with Gasteiger partial charge in [-0.15, -0.1) is 12.4 Å². The van der Waals surface area contributed by atoms with E-state index in [1.807, 2.05) is 6.07 Å². The van der Waals surface area contributed by atoms with Crippen LogP contribution in [0.4, 0.5) is 0 Å². The average molecular weight is 362 g/mol. The zero-order valence-corrected chi connectivity index (χ0v) is 14.1. The molecule has 1 aliphatic rings. The van der Waals surface area contributed by atoms with Crippen molar-refractivity contribution in [3.05, 3.63) is 34.3 Å². The Morgan fingerprint density at radius 1 is 1.50 bits per heavy atom. The summed E-state index contributed by atoms with van der Waals surface area (Å²) in [4.78, 5) is 11.8. The number of rotatable bonds is 6. The van der Waals surface area contributed by atoms with E-state index in [0.29, 0.717) is 5.92 Å². The van der Waals surface area contributed by atoms with Crippen LogP contribution in [-0.4, -0.2) is 25.5 Å². The fourth-order valence-electron chi connectivity index (χ4n) is 2.22. The second-order valence-electron chi connectivity index (χ2n) is 5.21. The summed E-state index contributed by atoms with van der Waals surface area (Å²) in [7, 11) is 0. The molecule has 20 heavy (non-hydrogen) atoms. The highest BCUT2D eigenvalue weighted by atomic mass is 79.9. The molecule has 2 rings (SSSR count). The van der Waals surface area contributed by atoms with Gasteiger partial charge in [0, 0.05) is 24.1 Å². The molecule has 1 heterocycles. The minimum absolute atomic E-state index is 0. The fraction of sp³-hybridized carbons (Fsp3) is 0.533. The minimum atomic E-state index is 0. The summed E-state index contributed by atoms with van der Waals surface area (Å²) in [6, 6.07) is 8.39. The molecule has 1 aromatic rings. The van der Waals surface area contributed by atoms with E-state index in [2.05, 4.69) is 51.7 Å². The van der Waals surface area contributed by atoms with Crippen molar-refractivity contribution in [2.75, 3.05) is 19.6 Å². The maximum absolute atomic E-state index is 11.8. The summed E-state index contributed by atoms with van der Waals surface area (Å²) in [6.07, 6.45) is 2.09. The number of halogens is 2. The summed E-state index contributed by atoms with van der Waals surface area (Å²) in [5.74, 6) is 0.890. The van der Waals surface area contributed by atoms with Crippen LogP contribution >= 0.6 is 28.3 Å². The molecule has 1 aliphatic heterocycles. The number of nitrogens with one attached hydrogen (secondary N) is 2. The van der Waals surface area contributed by atoms with Crippen molar-refractivity contribution >= 4 is 34.2 Å². The molecule has 1 amide bonds. The van der Waals surface area contributed by atoms with Gasteiger partial charge in [-0.3, -0.25) is 4.79 Å². The molecule has 0 spiro atoms. The van der Waals surface area contributed by atoms with E-state index in [4.69, 9.17) is 0 Å². The Morgan fingerprint density at radius 3 is 2.80 bits per heavy atom. The van der Waals surface area contributed by atoms with E-state index in [9.17, 15) is 4.79 Å². The number of hydrogen-bond donors (Lipinski definition) is 2. The molecule has 5 heteroatoms. The lowest BCUT2D eigenvalue weighted by Crippen LogP contribution is -2.51. The molecule has 1 unspecified atom stereocenters. The first-order valence-electron chi connectivity index (χ1n) is 6.92. The van der Waals surface area contributed by atoms with Crippen LogP contribution in [0.5, 0.6) is 0 Å². The molecular formula is C15H22BrClN2O. The lowest BCUT2D eigenvalue weighted by atomic mass is 9.96. The second-order valence-corrected chi connectivity index (χ2v) is 6.12. The highest BCUT2D eigenvalue weighted by Gasteiger charge is 2.24. The second kappa shape index (κ2) is 8.65. The fourth-order valence-corrected chi connectivity index (χ4v) is 2.67. The van der Waals surface area contributed by atoms with Gasteiger partial charge in [-0.05, 0) is 30.0 Å². The van der Waals surface area contributed by atoms with Crippen molar-refractivity contribution in [1.29, 1.82) is 0 Å². The van der Waals surface area contributed by atoms with Gasteiger partial charge in [0.15, 0.2) is 0 Å². The van der Waals surface area contributed by atoms with Crippen LogP contribution in [0.15, 0.2) is 28.7 Å². The minimum Gasteiger partial charge on any atom is -0.355 e. The predicted octanol–water partition coefficient (Wildman–Crippen LogP) is 2.78. The van der Waals surface area contributed by atoms with E-state index in [1.165, 1.54) is 5.56 Å². The smallest absolute Gasteiger partial charge is 0.225 e. The van der Waals surface area contributed by atoms with Crippen LogP contribution in [0.3, 0.4) is 0 Å². The van der Waals surface area contributed by atoms with Crippen LogP contribution in [-0.2, 0) is 11.2 Å². The summed E-state index contributed by atoms with van der Waals surface area (Å²) in [5.41, 5.74) is 1.32. The quantitative estimate of drug-likeness (QED) is 0.818. The lowest BCUT2D eigenvalue weighted by Gasteiger charge is -2.26. The van der Waals surface area contributed by atoms with Crippen LogP contribution in [0, 0.1) is 11.8 Å². The summed E-state index contributed by atoms with van der Waals surface area (Å²) in [6.45, 7) is 4.61. The molecule has 0 aromatic heterocycles. The molecule has 0 bridgehead atoms. The number of carbonyl (C=O) groups excluding carboxylic acids is 1.